The second-order valence-corrected chi connectivity index (χ2v) is 4.92. The van der Waals surface area contributed by atoms with Crippen molar-refractivity contribution in [2.75, 3.05) is 18.1 Å². The number of ketones is 1. The largest absolute Gasteiger partial charge is 0.494 e. The molecule has 2 aromatic carbocycles. The molecule has 110 valence electrons. The van der Waals surface area contributed by atoms with Crippen LogP contribution in [0.4, 0.5) is 11.4 Å². The van der Waals surface area contributed by atoms with Gasteiger partial charge in [0, 0.05) is 23.4 Å². The molecular weight excluding hydrogens is 264 g/mol. The van der Waals surface area contributed by atoms with Crippen LogP contribution in [0, 0.1) is 0 Å². The SMILES string of the molecule is Nc1ccc(OCCCCC(=O)c2ccc(N)cc2)cc1. The van der Waals surface area contributed by atoms with Gasteiger partial charge in [-0.25, -0.2) is 0 Å². The van der Waals surface area contributed by atoms with E-state index >= 15 is 0 Å². The first-order valence-corrected chi connectivity index (χ1v) is 7.02. The van der Waals surface area contributed by atoms with Gasteiger partial charge in [-0.05, 0) is 61.4 Å². The molecule has 0 bridgehead atoms. The van der Waals surface area contributed by atoms with Crippen LogP contribution in [0.15, 0.2) is 48.5 Å². The average Bonchev–Trinajstić information content (AvgIpc) is 2.49. The summed E-state index contributed by atoms with van der Waals surface area (Å²) in [5.41, 5.74) is 13.3. The summed E-state index contributed by atoms with van der Waals surface area (Å²) in [5, 5.41) is 0. The molecule has 21 heavy (non-hydrogen) atoms. The van der Waals surface area contributed by atoms with Crippen molar-refractivity contribution in [1.29, 1.82) is 0 Å². The van der Waals surface area contributed by atoms with Crippen molar-refractivity contribution < 1.29 is 9.53 Å². The summed E-state index contributed by atoms with van der Waals surface area (Å²) in [7, 11) is 0. The fraction of sp³-hybridized carbons (Fsp3) is 0.235. The fourth-order valence-corrected chi connectivity index (χ4v) is 1.96. The monoisotopic (exact) mass is 284 g/mol. The summed E-state index contributed by atoms with van der Waals surface area (Å²) >= 11 is 0. The van der Waals surface area contributed by atoms with E-state index in [0.717, 1.165) is 24.3 Å². The van der Waals surface area contributed by atoms with Gasteiger partial charge in [0.1, 0.15) is 5.75 Å². The van der Waals surface area contributed by atoms with Crippen LogP contribution in [0.2, 0.25) is 0 Å². The van der Waals surface area contributed by atoms with Crippen molar-refractivity contribution in [1.82, 2.24) is 0 Å². The Balaban J connectivity index is 1.66. The molecule has 0 aliphatic rings. The van der Waals surface area contributed by atoms with Gasteiger partial charge in [-0.2, -0.15) is 0 Å². The average molecular weight is 284 g/mol. The van der Waals surface area contributed by atoms with Crippen LogP contribution in [0.1, 0.15) is 29.6 Å². The predicted molar refractivity (Wildman–Crippen MR) is 85.4 cm³/mol. The smallest absolute Gasteiger partial charge is 0.162 e. The number of nitrogens with two attached hydrogens (primary N) is 2. The Morgan fingerprint density at radius 1 is 0.857 bits per heavy atom. The lowest BCUT2D eigenvalue weighted by Gasteiger charge is -2.06. The highest BCUT2D eigenvalue weighted by Crippen LogP contribution is 2.14. The first-order chi connectivity index (χ1) is 10.1. The quantitative estimate of drug-likeness (QED) is 0.464. The van der Waals surface area contributed by atoms with Crippen molar-refractivity contribution in [2.24, 2.45) is 0 Å². The Morgan fingerprint density at radius 2 is 1.43 bits per heavy atom. The molecule has 0 radical (unpaired) electrons. The molecule has 0 atom stereocenters. The molecule has 0 aliphatic carbocycles. The molecule has 0 unspecified atom stereocenters. The van der Waals surface area contributed by atoms with Gasteiger partial charge in [-0.3, -0.25) is 4.79 Å². The van der Waals surface area contributed by atoms with Crippen molar-refractivity contribution in [2.45, 2.75) is 19.3 Å². The fourth-order valence-electron chi connectivity index (χ4n) is 1.96. The van der Waals surface area contributed by atoms with E-state index in [2.05, 4.69) is 0 Å². The Hall–Kier alpha value is -2.49. The number of anilines is 2. The first kappa shape index (κ1) is 14.9. The van der Waals surface area contributed by atoms with Gasteiger partial charge in [-0.1, -0.05) is 0 Å². The second kappa shape index (κ2) is 7.33. The summed E-state index contributed by atoms with van der Waals surface area (Å²) in [6.45, 7) is 0.596. The van der Waals surface area contributed by atoms with Crippen LogP contribution < -0.4 is 16.2 Å². The van der Waals surface area contributed by atoms with Crippen LogP contribution in [0.3, 0.4) is 0 Å². The van der Waals surface area contributed by atoms with E-state index in [1.165, 1.54) is 0 Å². The van der Waals surface area contributed by atoms with Crippen LogP contribution >= 0.6 is 0 Å². The third-order valence-corrected chi connectivity index (χ3v) is 3.18. The zero-order valence-electron chi connectivity index (χ0n) is 11.9. The van der Waals surface area contributed by atoms with E-state index in [0.29, 0.717) is 24.3 Å². The minimum atomic E-state index is 0.141. The molecule has 2 aromatic rings. The zero-order chi connectivity index (χ0) is 15.1. The van der Waals surface area contributed by atoms with Gasteiger partial charge in [-0.15, -0.1) is 0 Å². The normalized spacial score (nSPS) is 10.3. The molecule has 0 fully saturated rings. The van der Waals surface area contributed by atoms with E-state index in [1.54, 1.807) is 36.4 Å². The number of unbranched alkanes of at least 4 members (excludes halogenated alkanes) is 1. The Morgan fingerprint density at radius 3 is 2.05 bits per heavy atom. The number of Topliss-reactive ketones (excluding diaryl/α,β-unsaturated/α-hetero) is 1. The maximum Gasteiger partial charge on any atom is 0.162 e. The van der Waals surface area contributed by atoms with E-state index in [1.807, 2.05) is 12.1 Å². The van der Waals surface area contributed by atoms with Crippen LogP contribution in [-0.4, -0.2) is 12.4 Å². The van der Waals surface area contributed by atoms with Crippen molar-refractivity contribution in [3.05, 3.63) is 54.1 Å². The number of hydrogen-bond donors (Lipinski definition) is 2. The number of ether oxygens (including phenoxy) is 1. The molecule has 0 spiro atoms. The summed E-state index contributed by atoms with van der Waals surface area (Å²) in [6, 6.07) is 14.3. The van der Waals surface area contributed by atoms with E-state index in [-0.39, 0.29) is 5.78 Å². The van der Waals surface area contributed by atoms with Crippen LogP contribution in [0.5, 0.6) is 5.75 Å². The maximum absolute atomic E-state index is 11.9. The Bertz CT molecular complexity index is 577. The van der Waals surface area contributed by atoms with Gasteiger partial charge >= 0.3 is 0 Å². The number of rotatable bonds is 7. The molecule has 0 aliphatic heterocycles. The maximum atomic E-state index is 11.9. The molecule has 0 amide bonds. The summed E-state index contributed by atoms with van der Waals surface area (Å²) in [5.74, 6) is 0.941. The topological polar surface area (TPSA) is 78.3 Å². The molecule has 2 rings (SSSR count). The summed E-state index contributed by atoms with van der Waals surface area (Å²) in [4.78, 5) is 11.9. The van der Waals surface area contributed by atoms with E-state index in [4.69, 9.17) is 16.2 Å². The lowest BCUT2D eigenvalue weighted by atomic mass is 10.1. The van der Waals surface area contributed by atoms with Crippen LogP contribution in [0.25, 0.3) is 0 Å². The molecule has 0 saturated carbocycles. The van der Waals surface area contributed by atoms with E-state index < -0.39 is 0 Å². The molecule has 4 heteroatoms. The van der Waals surface area contributed by atoms with Gasteiger partial charge in [0.05, 0.1) is 6.61 Å². The highest BCUT2D eigenvalue weighted by molar-refractivity contribution is 5.96. The van der Waals surface area contributed by atoms with Crippen LogP contribution in [-0.2, 0) is 0 Å². The summed E-state index contributed by atoms with van der Waals surface area (Å²) < 4.78 is 5.58. The first-order valence-electron chi connectivity index (χ1n) is 7.02. The number of hydrogen-bond acceptors (Lipinski definition) is 4. The Labute approximate surface area is 124 Å². The molecule has 4 nitrogen and oxygen atoms in total. The lowest BCUT2D eigenvalue weighted by molar-refractivity contribution is 0.0978. The van der Waals surface area contributed by atoms with Crippen molar-refractivity contribution in [3.8, 4) is 5.75 Å². The summed E-state index contributed by atoms with van der Waals surface area (Å²) in [6.07, 6.45) is 2.16. The van der Waals surface area contributed by atoms with Crippen molar-refractivity contribution in [3.63, 3.8) is 0 Å². The highest BCUT2D eigenvalue weighted by Gasteiger charge is 2.05. The molecule has 0 saturated heterocycles. The lowest BCUT2D eigenvalue weighted by Crippen LogP contribution is -2.02. The minimum absolute atomic E-state index is 0.141. The van der Waals surface area contributed by atoms with Crippen molar-refractivity contribution >= 4 is 17.2 Å². The number of carbonyl (C=O) groups excluding carboxylic acids is 1. The molecule has 4 N–H and O–H groups in total. The van der Waals surface area contributed by atoms with Gasteiger partial charge in [0.25, 0.3) is 0 Å². The molecular formula is C17H20N2O2. The minimum Gasteiger partial charge on any atom is -0.494 e. The van der Waals surface area contributed by atoms with Gasteiger partial charge in [0.15, 0.2) is 5.78 Å². The number of nitrogen functional groups attached to an aromatic ring is 2. The zero-order valence-corrected chi connectivity index (χ0v) is 11.9. The molecule has 0 aromatic heterocycles. The highest BCUT2D eigenvalue weighted by atomic mass is 16.5. The predicted octanol–water partition coefficient (Wildman–Crippen LogP) is 3.28. The second-order valence-electron chi connectivity index (χ2n) is 4.92. The molecule has 0 heterocycles. The third kappa shape index (κ3) is 4.84. The Kier molecular flexibility index (Phi) is 5.21. The number of benzene rings is 2. The standard InChI is InChI=1S/C17H20N2O2/c18-14-6-4-13(5-7-14)17(20)3-1-2-12-21-16-10-8-15(19)9-11-16/h4-11H,1-3,12,18-19H2. The van der Waals surface area contributed by atoms with E-state index in [9.17, 15) is 4.79 Å². The van der Waals surface area contributed by atoms with Gasteiger partial charge < -0.3 is 16.2 Å². The van der Waals surface area contributed by atoms with Gasteiger partial charge in [0.2, 0.25) is 0 Å². The number of carbonyl (C=O) groups is 1. The third-order valence-electron chi connectivity index (χ3n) is 3.18.